The zero-order valence-electron chi connectivity index (χ0n) is 10.7. The van der Waals surface area contributed by atoms with Gasteiger partial charge >= 0.3 is 5.97 Å². The first-order chi connectivity index (χ1) is 9.08. The first kappa shape index (κ1) is 13.3. The Balaban J connectivity index is 2.10. The standard InChI is InChI=1S/C14H16N2O3/c1-9-5-4-8-12(15-9)16-13(17)10-6-2-3-7-11(10)14(18)19/h2-5,8,10-11H,6-7H2,1H3,(H,18,19)(H,15,16,17)/t10-,11+/m1/s1. The molecule has 2 rings (SSSR count). The van der Waals surface area contributed by atoms with Gasteiger partial charge in [-0.3, -0.25) is 9.59 Å². The first-order valence-electron chi connectivity index (χ1n) is 6.20. The lowest BCUT2D eigenvalue weighted by Crippen LogP contribution is -2.34. The van der Waals surface area contributed by atoms with Crippen LogP contribution in [0.2, 0.25) is 0 Å². The molecule has 1 heterocycles. The minimum Gasteiger partial charge on any atom is -0.481 e. The summed E-state index contributed by atoms with van der Waals surface area (Å²) < 4.78 is 0. The van der Waals surface area contributed by atoms with Gasteiger partial charge in [0.25, 0.3) is 0 Å². The van der Waals surface area contributed by atoms with E-state index in [-0.39, 0.29) is 5.91 Å². The van der Waals surface area contributed by atoms with Gasteiger partial charge in [-0.25, -0.2) is 4.98 Å². The van der Waals surface area contributed by atoms with Crippen LogP contribution in [-0.2, 0) is 9.59 Å². The van der Waals surface area contributed by atoms with Gasteiger partial charge in [0.1, 0.15) is 5.82 Å². The van der Waals surface area contributed by atoms with Crippen molar-refractivity contribution in [1.82, 2.24) is 4.98 Å². The smallest absolute Gasteiger partial charge is 0.307 e. The molecule has 100 valence electrons. The maximum atomic E-state index is 12.1. The van der Waals surface area contributed by atoms with Gasteiger partial charge in [-0.1, -0.05) is 18.2 Å². The zero-order chi connectivity index (χ0) is 13.8. The van der Waals surface area contributed by atoms with Gasteiger partial charge in [0, 0.05) is 5.69 Å². The molecule has 0 radical (unpaired) electrons. The largest absolute Gasteiger partial charge is 0.481 e. The molecule has 1 amide bonds. The molecule has 1 aromatic heterocycles. The minimum absolute atomic E-state index is 0.283. The number of carbonyl (C=O) groups is 2. The maximum Gasteiger partial charge on any atom is 0.307 e. The van der Waals surface area contributed by atoms with E-state index in [1.807, 2.05) is 25.1 Å². The predicted octanol–water partition coefficient (Wildman–Crippen LogP) is 2.00. The SMILES string of the molecule is Cc1cccc(NC(=O)[C@@H]2CC=CC[C@@H]2C(=O)O)n1. The average Bonchev–Trinajstić information content (AvgIpc) is 2.38. The van der Waals surface area contributed by atoms with Crippen LogP contribution in [0.4, 0.5) is 5.82 Å². The number of hydrogen-bond acceptors (Lipinski definition) is 3. The van der Waals surface area contributed by atoms with Crippen molar-refractivity contribution in [3.05, 3.63) is 36.0 Å². The van der Waals surface area contributed by atoms with Crippen molar-refractivity contribution in [3.8, 4) is 0 Å². The Morgan fingerprint density at radius 1 is 1.26 bits per heavy atom. The van der Waals surface area contributed by atoms with Crippen LogP contribution in [-0.4, -0.2) is 22.0 Å². The molecule has 1 aliphatic carbocycles. The Labute approximate surface area is 111 Å². The fraction of sp³-hybridized carbons (Fsp3) is 0.357. The highest BCUT2D eigenvalue weighted by atomic mass is 16.4. The second-order valence-electron chi connectivity index (χ2n) is 4.65. The number of rotatable bonds is 3. The molecule has 5 heteroatoms. The first-order valence-corrected chi connectivity index (χ1v) is 6.20. The summed E-state index contributed by atoms with van der Waals surface area (Å²) in [5.74, 6) is -1.94. The van der Waals surface area contributed by atoms with Crippen molar-refractivity contribution in [2.75, 3.05) is 5.32 Å². The molecule has 0 bridgehead atoms. The molecule has 5 nitrogen and oxygen atoms in total. The van der Waals surface area contributed by atoms with Crippen LogP contribution in [0, 0.1) is 18.8 Å². The average molecular weight is 260 g/mol. The van der Waals surface area contributed by atoms with Crippen molar-refractivity contribution < 1.29 is 14.7 Å². The van der Waals surface area contributed by atoms with E-state index in [1.165, 1.54) is 0 Å². The van der Waals surface area contributed by atoms with E-state index < -0.39 is 17.8 Å². The molecule has 0 saturated carbocycles. The number of carboxylic acids is 1. The number of carboxylic acid groups (broad SMARTS) is 1. The molecule has 1 aromatic rings. The molecule has 0 spiro atoms. The Kier molecular flexibility index (Phi) is 3.94. The van der Waals surface area contributed by atoms with Crippen molar-refractivity contribution >= 4 is 17.7 Å². The van der Waals surface area contributed by atoms with E-state index in [0.717, 1.165) is 5.69 Å². The van der Waals surface area contributed by atoms with Gasteiger partial charge < -0.3 is 10.4 Å². The summed E-state index contributed by atoms with van der Waals surface area (Å²) in [6, 6.07) is 5.33. The van der Waals surface area contributed by atoms with Crippen molar-refractivity contribution in [1.29, 1.82) is 0 Å². The molecule has 0 unspecified atom stereocenters. The monoisotopic (exact) mass is 260 g/mol. The number of carbonyl (C=O) groups excluding carboxylic acids is 1. The number of anilines is 1. The molecular weight excluding hydrogens is 244 g/mol. The lowest BCUT2D eigenvalue weighted by atomic mass is 9.82. The molecule has 0 aromatic carbocycles. The fourth-order valence-corrected chi connectivity index (χ4v) is 2.21. The van der Waals surface area contributed by atoms with Crippen LogP contribution >= 0.6 is 0 Å². The summed E-state index contributed by atoms with van der Waals surface area (Å²) >= 11 is 0. The van der Waals surface area contributed by atoms with E-state index >= 15 is 0 Å². The number of nitrogens with zero attached hydrogens (tertiary/aromatic N) is 1. The summed E-state index contributed by atoms with van der Waals surface area (Å²) in [4.78, 5) is 27.5. The fourth-order valence-electron chi connectivity index (χ4n) is 2.21. The quantitative estimate of drug-likeness (QED) is 0.815. The number of aromatic nitrogens is 1. The van der Waals surface area contributed by atoms with Crippen LogP contribution in [0.25, 0.3) is 0 Å². The van der Waals surface area contributed by atoms with Crippen LogP contribution in [0.15, 0.2) is 30.4 Å². The van der Waals surface area contributed by atoms with Crippen molar-refractivity contribution in [2.45, 2.75) is 19.8 Å². The molecule has 0 saturated heterocycles. The number of nitrogens with one attached hydrogen (secondary N) is 1. The van der Waals surface area contributed by atoms with Crippen LogP contribution in [0.3, 0.4) is 0 Å². The number of aliphatic carboxylic acids is 1. The number of hydrogen-bond donors (Lipinski definition) is 2. The second-order valence-corrected chi connectivity index (χ2v) is 4.65. The lowest BCUT2D eigenvalue weighted by molar-refractivity contribution is -0.146. The topological polar surface area (TPSA) is 79.3 Å². The number of pyridine rings is 1. The predicted molar refractivity (Wildman–Crippen MR) is 70.6 cm³/mol. The van der Waals surface area contributed by atoms with E-state index in [9.17, 15) is 9.59 Å². The van der Waals surface area contributed by atoms with Crippen LogP contribution in [0.5, 0.6) is 0 Å². The summed E-state index contributed by atoms with van der Waals surface area (Å²) in [6.07, 6.45) is 4.52. The van der Waals surface area contributed by atoms with E-state index in [0.29, 0.717) is 18.7 Å². The van der Waals surface area contributed by atoms with E-state index in [2.05, 4.69) is 10.3 Å². The number of allylic oxidation sites excluding steroid dienone is 2. The second kappa shape index (κ2) is 5.65. The highest BCUT2D eigenvalue weighted by Crippen LogP contribution is 2.27. The van der Waals surface area contributed by atoms with Crippen molar-refractivity contribution in [3.63, 3.8) is 0 Å². The third-order valence-corrected chi connectivity index (χ3v) is 3.23. The zero-order valence-corrected chi connectivity index (χ0v) is 10.7. The highest BCUT2D eigenvalue weighted by Gasteiger charge is 2.34. The number of aryl methyl sites for hydroxylation is 1. The van der Waals surface area contributed by atoms with Gasteiger partial charge in [-0.15, -0.1) is 0 Å². The van der Waals surface area contributed by atoms with E-state index in [1.54, 1.807) is 12.1 Å². The van der Waals surface area contributed by atoms with Gasteiger partial charge in [-0.2, -0.15) is 0 Å². The minimum atomic E-state index is -0.929. The molecule has 2 atom stereocenters. The van der Waals surface area contributed by atoms with Gasteiger partial charge in [-0.05, 0) is 31.9 Å². The van der Waals surface area contributed by atoms with Crippen molar-refractivity contribution in [2.24, 2.45) is 11.8 Å². The normalized spacial score (nSPS) is 21.9. The van der Waals surface area contributed by atoms with Crippen LogP contribution in [0.1, 0.15) is 18.5 Å². The third kappa shape index (κ3) is 3.19. The summed E-state index contributed by atoms with van der Waals surface area (Å²) in [5, 5.41) is 11.8. The molecule has 1 aliphatic rings. The molecular formula is C14H16N2O3. The summed E-state index contributed by atoms with van der Waals surface area (Å²) in [5.41, 5.74) is 0.802. The van der Waals surface area contributed by atoms with Gasteiger partial charge in [0.2, 0.25) is 5.91 Å². The maximum absolute atomic E-state index is 12.1. The Morgan fingerprint density at radius 2 is 1.95 bits per heavy atom. The third-order valence-electron chi connectivity index (χ3n) is 3.23. The summed E-state index contributed by atoms with van der Waals surface area (Å²) in [7, 11) is 0. The number of amides is 1. The Bertz CT molecular complexity index is 525. The molecule has 2 N–H and O–H groups in total. The Morgan fingerprint density at radius 3 is 2.58 bits per heavy atom. The highest BCUT2D eigenvalue weighted by molar-refractivity contribution is 5.94. The summed E-state index contributed by atoms with van der Waals surface area (Å²) in [6.45, 7) is 1.83. The van der Waals surface area contributed by atoms with Gasteiger partial charge in [0.05, 0.1) is 11.8 Å². The Hall–Kier alpha value is -2.17. The molecule has 0 fully saturated rings. The van der Waals surface area contributed by atoms with E-state index in [4.69, 9.17) is 5.11 Å². The molecule has 19 heavy (non-hydrogen) atoms. The van der Waals surface area contributed by atoms with Gasteiger partial charge in [0.15, 0.2) is 0 Å². The lowest BCUT2D eigenvalue weighted by Gasteiger charge is -2.24. The molecule has 0 aliphatic heterocycles. The van der Waals surface area contributed by atoms with Crippen LogP contribution < -0.4 is 5.32 Å².